The molecule has 0 saturated carbocycles. The molecule has 2 nitrogen and oxygen atoms in total. The Hall–Kier alpha value is -0.730. The Kier molecular flexibility index (Phi) is 7.45. The van der Waals surface area contributed by atoms with Gasteiger partial charge in [0.15, 0.2) is 0 Å². The Bertz CT molecular complexity index is 201. The van der Waals surface area contributed by atoms with Crippen LogP contribution in [0.1, 0.15) is 19.8 Å². The highest BCUT2D eigenvalue weighted by molar-refractivity contribution is 5.85. The standard InChI is InChI=1S/C10H16N2.ClH/c1-2-3-9-11-12-10-7-5-4-6-8-10;/h4-8,11-12H,2-3,9H2,1H3;1H. The van der Waals surface area contributed by atoms with E-state index in [-0.39, 0.29) is 12.4 Å². The van der Waals surface area contributed by atoms with Gasteiger partial charge in [0.05, 0.1) is 0 Å². The van der Waals surface area contributed by atoms with E-state index in [1.54, 1.807) is 0 Å². The zero-order chi connectivity index (χ0) is 8.65. The van der Waals surface area contributed by atoms with Crippen LogP contribution < -0.4 is 10.9 Å². The molecule has 3 heteroatoms. The van der Waals surface area contributed by atoms with Gasteiger partial charge in [0.2, 0.25) is 0 Å². The van der Waals surface area contributed by atoms with E-state index < -0.39 is 0 Å². The van der Waals surface area contributed by atoms with E-state index in [4.69, 9.17) is 0 Å². The monoisotopic (exact) mass is 200 g/mol. The summed E-state index contributed by atoms with van der Waals surface area (Å²) in [7, 11) is 0. The third-order valence-electron chi connectivity index (χ3n) is 1.66. The van der Waals surface area contributed by atoms with Crippen LogP contribution in [0.15, 0.2) is 30.3 Å². The quantitative estimate of drug-likeness (QED) is 0.564. The number of benzene rings is 1. The summed E-state index contributed by atoms with van der Waals surface area (Å²) in [5.74, 6) is 0. The zero-order valence-electron chi connectivity index (χ0n) is 7.92. The molecule has 13 heavy (non-hydrogen) atoms. The van der Waals surface area contributed by atoms with Gasteiger partial charge in [-0.25, -0.2) is 5.43 Å². The summed E-state index contributed by atoms with van der Waals surface area (Å²) in [6.45, 7) is 3.20. The molecule has 0 aliphatic carbocycles. The first-order valence-corrected chi connectivity index (χ1v) is 4.47. The largest absolute Gasteiger partial charge is 0.322 e. The fourth-order valence-electron chi connectivity index (χ4n) is 0.951. The second-order valence-corrected chi connectivity index (χ2v) is 2.77. The molecule has 0 bridgehead atoms. The molecule has 0 spiro atoms. The first-order valence-electron chi connectivity index (χ1n) is 4.47. The average Bonchev–Trinajstić information content (AvgIpc) is 2.14. The molecular weight excluding hydrogens is 184 g/mol. The molecule has 0 amide bonds. The number of hydrazine groups is 1. The lowest BCUT2D eigenvalue weighted by Gasteiger charge is -2.06. The van der Waals surface area contributed by atoms with Gasteiger partial charge in [-0.05, 0) is 18.6 Å². The lowest BCUT2D eigenvalue weighted by molar-refractivity contribution is 0.703. The Balaban J connectivity index is 0.00000144. The van der Waals surface area contributed by atoms with Gasteiger partial charge < -0.3 is 5.43 Å². The van der Waals surface area contributed by atoms with Crippen molar-refractivity contribution < 1.29 is 0 Å². The topological polar surface area (TPSA) is 24.1 Å². The van der Waals surface area contributed by atoms with Crippen molar-refractivity contribution in [3.05, 3.63) is 30.3 Å². The van der Waals surface area contributed by atoms with E-state index in [1.165, 1.54) is 12.8 Å². The SMILES string of the molecule is CCCCNNc1ccccc1.Cl. The highest BCUT2D eigenvalue weighted by atomic mass is 35.5. The van der Waals surface area contributed by atoms with E-state index in [2.05, 4.69) is 17.8 Å². The Morgan fingerprint density at radius 3 is 2.46 bits per heavy atom. The minimum atomic E-state index is 0. The number of rotatable bonds is 5. The number of unbranched alkanes of at least 4 members (excludes halogenated alkanes) is 1. The average molecular weight is 201 g/mol. The number of hydrogen-bond donors (Lipinski definition) is 2. The van der Waals surface area contributed by atoms with E-state index in [0.717, 1.165) is 12.2 Å². The molecule has 74 valence electrons. The lowest BCUT2D eigenvalue weighted by Crippen LogP contribution is -2.22. The predicted octanol–water partition coefficient (Wildman–Crippen LogP) is 2.83. The van der Waals surface area contributed by atoms with Crippen LogP contribution >= 0.6 is 12.4 Å². The molecule has 0 atom stereocenters. The molecule has 1 aromatic carbocycles. The molecule has 0 unspecified atom stereocenters. The fraction of sp³-hybridized carbons (Fsp3) is 0.400. The molecule has 0 saturated heterocycles. The first-order chi connectivity index (χ1) is 5.93. The first kappa shape index (κ1) is 12.3. The summed E-state index contributed by atoms with van der Waals surface area (Å²) < 4.78 is 0. The third kappa shape index (κ3) is 5.50. The van der Waals surface area contributed by atoms with Gasteiger partial charge in [-0.3, -0.25) is 0 Å². The number of para-hydroxylation sites is 1. The summed E-state index contributed by atoms with van der Waals surface area (Å²) >= 11 is 0. The van der Waals surface area contributed by atoms with Gasteiger partial charge in [0.25, 0.3) is 0 Å². The minimum Gasteiger partial charge on any atom is -0.322 e. The van der Waals surface area contributed by atoms with Crippen LogP contribution in [0.2, 0.25) is 0 Å². The Morgan fingerprint density at radius 1 is 1.15 bits per heavy atom. The van der Waals surface area contributed by atoms with Gasteiger partial charge >= 0.3 is 0 Å². The highest BCUT2D eigenvalue weighted by Gasteiger charge is 1.86. The van der Waals surface area contributed by atoms with Crippen molar-refractivity contribution in [2.45, 2.75) is 19.8 Å². The summed E-state index contributed by atoms with van der Waals surface area (Å²) in [5.41, 5.74) is 7.40. The summed E-state index contributed by atoms with van der Waals surface area (Å²) in [6.07, 6.45) is 2.43. The van der Waals surface area contributed by atoms with Crippen molar-refractivity contribution in [2.24, 2.45) is 0 Å². The van der Waals surface area contributed by atoms with Crippen molar-refractivity contribution >= 4 is 18.1 Å². The van der Waals surface area contributed by atoms with E-state index in [0.29, 0.717) is 0 Å². The zero-order valence-corrected chi connectivity index (χ0v) is 8.73. The number of hydrogen-bond acceptors (Lipinski definition) is 2. The number of halogens is 1. The minimum absolute atomic E-state index is 0. The molecular formula is C10H17ClN2. The number of nitrogens with one attached hydrogen (secondary N) is 2. The molecule has 0 aliphatic heterocycles. The maximum absolute atomic E-state index is 3.15. The van der Waals surface area contributed by atoms with Crippen LogP contribution in [0.4, 0.5) is 5.69 Å². The molecule has 0 aliphatic rings. The molecule has 1 rings (SSSR count). The van der Waals surface area contributed by atoms with Crippen molar-refractivity contribution in [1.29, 1.82) is 0 Å². The van der Waals surface area contributed by atoms with Crippen LogP contribution in [0, 0.1) is 0 Å². The van der Waals surface area contributed by atoms with E-state index >= 15 is 0 Å². The fourth-order valence-corrected chi connectivity index (χ4v) is 0.951. The van der Waals surface area contributed by atoms with E-state index in [9.17, 15) is 0 Å². The van der Waals surface area contributed by atoms with Gasteiger partial charge in [-0.15, -0.1) is 12.4 Å². The van der Waals surface area contributed by atoms with Crippen LogP contribution in [-0.2, 0) is 0 Å². The summed E-state index contributed by atoms with van der Waals surface area (Å²) in [5, 5.41) is 0. The molecule has 0 radical (unpaired) electrons. The Morgan fingerprint density at radius 2 is 1.85 bits per heavy atom. The molecule has 0 fully saturated rings. The van der Waals surface area contributed by atoms with Crippen molar-refractivity contribution in [1.82, 2.24) is 5.43 Å². The van der Waals surface area contributed by atoms with Crippen molar-refractivity contribution in [3.63, 3.8) is 0 Å². The number of anilines is 1. The van der Waals surface area contributed by atoms with Gasteiger partial charge in [0.1, 0.15) is 0 Å². The normalized spacial score (nSPS) is 9.00. The van der Waals surface area contributed by atoms with Crippen molar-refractivity contribution in [3.8, 4) is 0 Å². The van der Waals surface area contributed by atoms with Gasteiger partial charge in [-0.2, -0.15) is 0 Å². The van der Waals surface area contributed by atoms with Crippen LogP contribution in [-0.4, -0.2) is 6.54 Å². The molecule has 2 N–H and O–H groups in total. The molecule has 0 heterocycles. The molecule has 1 aromatic rings. The Labute approximate surface area is 86.1 Å². The smallest absolute Gasteiger partial charge is 0.0487 e. The van der Waals surface area contributed by atoms with Gasteiger partial charge in [-0.1, -0.05) is 31.5 Å². The van der Waals surface area contributed by atoms with Crippen LogP contribution in [0.25, 0.3) is 0 Å². The lowest BCUT2D eigenvalue weighted by atomic mass is 10.3. The predicted molar refractivity (Wildman–Crippen MR) is 60.2 cm³/mol. The second kappa shape index (κ2) is 7.90. The molecule has 0 aromatic heterocycles. The maximum Gasteiger partial charge on any atom is 0.0487 e. The summed E-state index contributed by atoms with van der Waals surface area (Å²) in [6, 6.07) is 10.1. The maximum atomic E-state index is 3.15. The summed E-state index contributed by atoms with van der Waals surface area (Å²) in [4.78, 5) is 0. The van der Waals surface area contributed by atoms with Crippen LogP contribution in [0.3, 0.4) is 0 Å². The highest BCUT2D eigenvalue weighted by Crippen LogP contribution is 2.02. The second-order valence-electron chi connectivity index (χ2n) is 2.77. The van der Waals surface area contributed by atoms with E-state index in [1.807, 2.05) is 30.3 Å². The van der Waals surface area contributed by atoms with Gasteiger partial charge in [0, 0.05) is 12.2 Å². The van der Waals surface area contributed by atoms with Crippen LogP contribution in [0.5, 0.6) is 0 Å². The third-order valence-corrected chi connectivity index (χ3v) is 1.66. The van der Waals surface area contributed by atoms with Crippen molar-refractivity contribution in [2.75, 3.05) is 12.0 Å².